The first kappa shape index (κ1) is 15.9. The number of carbonyl (C=O) groups is 1. The van der Waals surface area contributed by atoms with E-state index in [-0.39, 0.29) is 11.7 Å². The van der Waals surface area contributed by atoms with Crippen LogP contribution in [0.5, 0.6) is 11.5 Å². The molecule has 1 aliphatic heterocycles. The number of ether oxygens (including phenoxy) is 1. The highest BCUT2D eigenvalue weighted by atomic mass is 32.2. The van der Waals surface area contributed by atoms with E-state index in [2.05, 4.69) is 0 Å². The van der Waals surface area contributed by atoms with Crippen molar-refractivity contribution < 1.29 is 14.6 Å². The van der Waals surface area contributed by atoms with Crippen LogP contribution in [0.15, 0.2) is 23.1 Å². The van der Waals surface area contributed by atoms with Crippen LogP contribution in [0.1, 0.15) is 19.4 Å². The van der Waals surface area contributed by atoms with Crippen LogP contribution in [0.3, 0.4) is 0 Å². The van der Waals surface area contributed by atoms with Gasteiger partial charge in [-0.25, -0.2) is 0 Å². The molecule has 0 atom stereocenters. The molecule has 112 valence electrons. The molecule has 1 fully saturated rings. The fourth-order valence-electron chi connectivity index (χ4n) is 1.97. The Morgan fingerprint density at radius 3 is 2.76 bits per heavy atom. The monoisotopic (exact) mass is 323 g/mol. The number of hydrogen-bond donors (Lipinski definition) is 1. The highest BCUT2D eigenvalue weighted by Gasteiger charge is 2.32. The Bertz CT molecular complexity index is 611. The van der Waals surface area contributed by atoms with E-state index in [1.165, 1.54) is 18.9 Å². The minimum atomic E-state index is -0.0750. The molecule has 0 unspecified atom stereocenters. The average Bonchev–Trinajstić information content (AvgIpc) is 2.66. The summed E-state index contributed by atoms with van der Waals surface area (Å²) < 4.78 is 5.58. The van der Waals surface area contributed by atoms with Crippen molar-refractivity contribution in [2.24, 2.45) is 5.92 Å². The van der Waals surface area contributed by atoms with Gasteiger partial charge >= 0.3 is 0 Å². The molecule has 1 aromatic carbocycles. The molecule has 0 saturated carbocycles. The number of methoxy groups -OCH3 is 1. The molecule has 1 heterocycles. The van der Waals surface area contributed by atoms with Gasteiger partial charge in [-0.1, -0.05) is 43.9 Å². The van der Waals surface area contributed by atoms with Gasteiger partial charge in [0.25, 0.3) is 5.91 Å². The Balaban J connectivity index is 2.24. The van der Waals surface area contributed by atoms with Gasteiger partial charge < -0.3 is 9.84 Å². The van der Waals surface area contributed by atoms with Gasteiger partial charge in [0.15, 0.2) is 11.5 Å². The van der Waals surface area contributed by atoms with E-state index in [0.29, 0.717) is 27.4 Å². The quantitative estimate of drug-likeness (QED) is 0.681. The van der Waals surface area contributed by atoms with Gasteiger partial charge in [-0.15, -0.1) is 0 Å². The molecule has 1 aliphatic rings. The first-order valence-corrected chi connectivity index (χ1v) is 7.77. The van der Waals surface area contributed by atoms with Crippen LogP contribution in [0.2, 0.25) is 0 Å². The van der Waals surface area contributed by atoms with E-state index in [1.54, 1.807) is 29.2 Å². The van der Waals surface area contributed by atoms with Crippen LogP contribution in [0, 0.1) is 5.92 Å². The Hall–Kier alpha value is -1.53. The van der Waals surface area contributed by atoms with E-state index in [0.717, 1.165) is 5.56 Å². The molecule has 4 nitrogen and oxygen atoms in total. The summed E-state index contributed by atoms with van der Waals surface area (Å²) in [5.74, 6) is 0.731. The summed E-state index contributed by atoms with van der Waals surface area (Å²) in [5, 5.41) is 9.77. The number of phenolic OH excluding ortho intramolecular Hbond substituents is 1. The average molecular weight is 323 g/mol. The normalized spacial score (nSPS) is 17.1. The molecule has 0 aliphatic carbocycles. The summed E-state index contributed by atoms with van der Waals surface area (Å²) in [4.78, 5) is 14.5. The maximum absolute atomic E-state index is 12.3. The van der Waals surface area contributed by atoms with Crippen LogP contribution < -0.4 is 4.74 Å². The van der Waals surface area contributed by atoms with Gasteiger partial charge in [-0.05, 0) is 29.7 Å². The maximum atomic E-state index is 12.3. The second kappa shape index (κ2) is 6.49. The van der Waals surface area contributed by atoms with E-state index < -0.39 is 0 Å². The lowest BCUT2D eigenvalue weighted by Gasteiger charge is -2.16. The number of rotatable bonds is 4. The van der Waals surface area contributed by atoms with Gasteiger partial charge in [0, 0.05) is 6.54 Å². The molecule has 21 heavy (non-hydrogen) atoms. The van der Waals surface area contributed by atoms with Gasteiger partial charge in [0.2, 0.25) is 0 Å². The summed E-state index contributed by atoms with van der Waals surface area (Å²) in [6.07, 6.45) is 1.73. The molecule has 0 aromatic heterocycles. The fraction of sp³-hybridized carbons (Fsp3) is 0.333. The number of aromatic hydroxyl groups is 1. The van der Waals surface area contributed by atoms with Crippen molar-refractivity contribution in [2.45, 2.75) is 13.8 Å². The number of phenols is 1. The SMILES string of the molecule is COc1ccc(/C=C2\SC(=S)N(CC(C)C)C2=O)cc1O. The number of amides is 1. The summed E-state index contributed by atoms with van der Waals surface area (Å²) in [6, 6.07) is 5.01. The third kappa shape index (κ3) is 3.57. The molecule has 6 heteroatoms. The first-order valence-electron chi connectivity index (χ1n) is 6.54. The van der Waals surface area contributed by atoms with Crippen molar-refractivity contribution in [2.75, 3.05) is 13.7 Å². The Labute approximate surface area is 133 Å². The standard InChI is InChI=1S/C15H17NO3S2/c1-9(2)8-16-14(18)13(21-15(16)20)7-10-4-5-12(19-3)11(17)6-10/h4-7,9,17H,8H2,1-3H3/b13-7-. The van der Waals surface area contributed by atoms with Crippen molar-refractivity contribution in [3.8, 4) is 11.5 Å². The number of carbonyl (C=O) groups excluding carboxylic acids is 1. The lowest BCUT2D eigenvalue weighted by Crippen LogP contribution is -2.31. The summed E-state index contributed by atoms with van der Waals surface area (Å²) in [6.45, 7) is 4.71. The minimum absolute atomic E-state index is 0.0453. The van der Waals surface area contributed by atoms with Gasteiger partial charge in [0.1, 0.15) is 4.32 Å². The van der Waals surface area contributed by atoms with Gasteiger partial charge in [-0.2, -0.15) is 0 Å². The highest BCUT2D eigenvalue weighted by Crippen LogP contribution is 2.34. The van der Waals surface area contributed by atoms with E-state index in [9.17, 15) is 9.90 Å². The van der Waals surface area contributed by atoms with Crippen molar-refractivity contribution in [1.82, 2.24) is 4.90 Å². The number of nitrogens with zero attached hydrogens (tertiary/aromatic N) is 1. The topological polar surface area (TPSA) is 49.8 Å². The fourth-order valence-corrected chi connectivity index (χ4v) is 3.25. The van der Waals surface area contributed by atoms with Crippen LogP contribution in [-0.2, 0) is 4.79 Å². The third-order valence-corrected chi connectivity index (χ3v) is 4.30. The number of hydrogen-bond acceptors (Lipinski definition) is 5. The van der Waals surface area contributed by atoms with Crippen LogP contribution in [-0.4, -0.2) is 33.9 Å². The zero-order valence-electron chi connectivity index (χ0n) is 12.1. The molecular formula is C15H17NO3S2. The molecular weight excluding hydrogens is 306 g/mol. The number of thioether (sulfide) groups is 1. The molecule has 1 saturated heterocycles. The van der Waals surface area contributed by atoms with Crippen LogP contribution >= 0.6 is 24.0 Å². The lowest BCUT2D eigenvalue weighted by atomic mass is 10.1. The van der Waals surface area contributed by atoms with Crippen molar-refractivity contribution in [3.05, 3.63) is 28.7 Å². The van der Waals surface area contributed by atoms with Crippen molar-refractivity contribution in [1.29, 1.82) is 0 Å². The third-order valence-electron chi connectivity index (χ3n) is 2.92. The number of benzene rings is 1. The van der Waals surface area contributed by atoms with Crippen molar-refractivity contribution >= 4 is 40.3 Å². The summed E-state index contributed by atoms with van der Waals surface area (Å²) in [5.41, 5.74) is 0.735. The molecule has 0 spiro atoms. The summed E-state index contributed by atoms with van der Waals surface area (Å²) >= 11 is 6.54. The van der Waals surface area contributed by atoms with Crippen LogP contribution in [0.4, 0.5) is 0 Å². The molecule has 0 radical (unpaired) electrons. The van der Waals surface area contributed by atoms with E-state index in [4.69, 9.17) is 17.0 Å². The maximum Gasteiger partial charge on any atom is 0.266 e. The molecule has 1 amide bonds. The van der Waals surface area contributed by atoms with E-state index in [1.807, 2.05) is 13.8 Å². The predicted molar refractivity (Wildman–Crippen MR) is 89.4 cm³/mol. The second-order valence-electron chi connectivity index (χ2n) is 5.12. The largest absolute Gasteiger partial charge is 0.504 e. The van der Waals surface area contributed by atoms with Gasteiger partial charge in [-0.3, -0.25) is 9.69 Å². The lowest BCUT2D eigenvalue weighted by molar-refractivity contribution is -0.122. The second-order valence-corrected chi connectivity index (χ2v) is 6.79. The Morgan fingerprint density at radius 2 is 2.19 bits per heavy atom. The van der Waals surface area contributed by atoms with Gasteiger partial charge in [0.05, 0.1) is 12.0 Å². The van der Waals surface area contributed by atoms with Crippen LogP contribution in [0.25, 0.3) is 6.08 Å². The van der Waals surface area contributed by atoms with E-state index >= 15 is 0 Å². The molecule has 0 bridgehead atoms. The number of thiocarbonyl (C=S) groups is 1. The highest BCUT2D eigenvalue weighted by molar-refractivity contribution is 8.26. The molecule has 1 aromatic rings. The predicted octanol–water partition coefficient (Wildman–Crippen LogP) is 3.26. The first-order chi connectivity index (χ1) is 9.92. The smallest absolute Gasteiger partial charge is 0.266 e. The molecule has 1 N–H and O–H groups in total. The summed E-state index contributed by atoms with van der Waals surface area (Å²) in [7, 11) is 1.49. The Kier molecular flexibility index (Phi) is 4.90. The Morgan fingerprint density at radius 1 is 1.48 bits per heavy atom. The van der Waals surface area contributed by atoms with Crippen molar-refractivity contribution in [3.63, 3.8) is 0 Å². The molecule has 2 rings (SSSR count). The zero-order valence-corrected chi connectivity index (χ0v) is 13.8. The minimum Gasteiger partial charge on any atom is -0.504 e. The zero-order chi connectivity index (χ0) is 15.6.